The molecule has 0 bridgehead atoms. The summed E-state index contributed by atoms with van der Waals surface area (Å²) in [4.78, 5) is 25.7. The molecule has 0 spiro atoms. The van der Waals surface area contributed by atoms with Crippen LogP contribution in [0.3, 0.4) is 0 Å². The number of nitrogens with zero attached hydrogens (tertiary/aromatic N) is 1. The van der Waals surface area contributed by atoms with Gasteiger partial charge in [0.05, 0.1) is 0 Å². The summed E-state index contributed by atoms with van der Waals surface area (Å²) < 4.78 is 0. The summed E-state index contributed by atoms with van der Waals surface area (Å²) in [5, 5.41) is 3.00. The number of amides is 2. The summed E-state index contributed by atoms with van der Waals surface area (Å²) in [6, 6.07) is 7.31. The van der Waals surface area contributed by atoms with Crippen LogP contribution in [-0.4, -0.2) is 30.9 Å². The summed E-state index contributed by atoms with van der Waals surface area (Å²) in [6.07, 6.45) is 3.82. The molecule has 1 unspecified atom stereocenters. The number of nitrogens with one attached hydrogen (secondary N) is 1. The Morgan fingerprint density at radius 1 is 1.33 bits per heavy atom. The van der Waals surface area contributed by atoms with Gasteiger partial charge in [0.2, 0.25) is 5.91 Å². The number of nitrogens with two attached hydrogens (primary N) is 1. The molecule has 3 rings (SSSR count). The molecule has 2 aliphatic rings. The molecule has 5 nitrogen and oxygen atoms in total. The van der Waals surface area contributed by atoms with E-state index in [1.807, 2.05) is 12.1 Å². The van der Waals surface area contributed by atoms with Gasteiger partial charge in [0.1, 0.15) is 0 Å². The molecule has 1 atom stereocenters. The minimum atomic E-state index is -0.0864. The third-order valence-electron chi connectivity index (χ3n) is 4.28. The number of carbonyl (C=O) groups excluding carboxylic acids is 2. The molecule has 1 saturated carbocycles. The number of rotatable bonds is 5. The molecule has 112 valence electrons. The first-order valence-electron chi connectivity index (χ1n) is 7.60. The third kappa shape index (κ3) is 3.08. The lowest BCUT2D eigenvalue weighted by atomic mass is 10.1. The van der Waals surface area contributed by atoms with Crippen molar-refractivity contribution in [3.8, 4) is 0 Å². The Morgan fingerprint density at radius 3 is 2.57 bits per heavy atom. The second-order valence-electron chi connectivity index (χ2n) is 5.85. The van der Waals surface area contributed by atoms with E-state index in [4.69, 9.17) is 5.73 Å². The van der Waals surface area contributed by atoms with Crippen LogP contribution in [0, 0.1) is 5.92 Å². The molecular formula is C16H21N3O2. The molecule has 1 saturated heterocycles. The SMILES string of the molecule is NCC(NC(=O)c1ccc(N2CCCC2=O)cc1)C1CC1. The Balaban J connectivity index is 1.65. The minimum Gasteiger partial charge on any atom is -0.348 e. The van der Waals surface area contributed by atoms with E-state index in [0.717, 1.165) is 31.5 Å². The van der Waals surface area contributed by atoms with Crippen LogP contribution in [0.25, 0.3) is 0 Å². The van der Waals surface area contributed by atoms with E-state index < -0.39 is 0 Å². The second-order valence-corrected chi connectivity index (χ2v) is 5.85. The Labute approximate surface area is 124 Å². The zero-order valence-corrected chi connectivity index (χ0v) is 12.0. The normalized spacial score (nSPS) is 19.7. The Morgan fingerprint density at radius 2 is 2.05 bits per heavy atom. The van der Waals surface area contributed by atoms with Gasteiger partial charge in [-0.3, -0.25) is 9.59 Å². The van der Waals surface area contributed by atoms with E-state index >= 15 is 0 Å². The standard InChI is InChI=1S/C16H21N3O2/c17-10-14(11-3-4-11)18-16(21)12-5-7-13(8-6-12)19-9-1-2-15(19)20/h5-8,11,14H,1-4,9-10,17H2,(H,18,21). The second kappa shape index (κ2) is 5.85. The molecule has 21 heavy (non-hydrogen) atoms. The average molecular weight is 287 g/mol. The first-order chi connectivity index (χ1) is 10.2. The largest absolute Gasteiger partial charge is 0.348 e. The maximum Gasteiger partial charge on any atom is 0.251 e. The molecule has 1 aromatic rings. The van der Waals surface area contributed by atoms with Crippen molar-refractivity contribution in [3.05, 3.63) is 29.8 Å². The Kier molecular flexibility index (Phi) is 3.92. The summed E-state index contributed by atoms with van der Waals surface area (Å²) in [5.74, 6) is 0.612. The maximum absolute atomic E-state index is 12.2. The highest BCUT2D eigenvalue weighted by atomic mass is 16.2. The van der Waals surface area contributed by atoms with Gasteiger partial charge in [0, 0.05) is 36.8 Å². The zero-order valence-electron chi connectivity index (χ0n) is 12.0. The van der Waals surface area contributed by atoms with Crippen molar-refractivity contribution in [2.45, 2.75) is 31.7 Å². The first kappa shape index (κ1) is 14.1. The molecule has 2 fully saturated rings. The van der Waals surface area contributed by atoms with Crippen LogP contribution < -0.4 is 16.0 Å². The van der Waals surface area contributed by atoms with Gasteiger partial charge in [-0.05, 0) is 49.4 Å². The van der Waals surface area contributed by atoms with E-state index in [1.54, 1.807) is 17.0 Å². The highest BCUT2D eigenvalue weighted by molar-refractivity contribution is 5.97. The van der Waals surface area contributed by atoms with Crippen molar-refractivity contribution in [1.29, 1.82) is 0 Å². The van der Waals surface area contributed by atoms with Crippen LogP contribution in [0.5, 0.6) is 0 Å². The Hall–Kier alpha value is -1.88. The lowest BCUT2D eigenvalue weighted by molar-refractivity contribution is -0.117. The van der Waals surface area contributed by atoms with E-state index in [-0.39, 0.29) is 17.9 Å². The van der Waals surface area contributed by atoms with Crippen LogP contribution in [-0.2, 0) is 4.79 Å². The van der Waals surface area contributed by atoms with Crippen molar-refractivity contribution in [2.75, 3.05) is 18.0 Å². The monoisotopic (exact) mass is 287 g/mol. The minimum absolute atomic E-state index is 0.0809. The fourth-order valence-corrected chi connectivity index (χ4v) is 2.83. The van der Waals surface area contributed by atoms with Crippen LogP contribution in [0.4, 0.5) is 5.69 Å². The van der Waals surface area contributed by atoms with Crippen molar-refractivity contribution >= 4 is 17.5 Å². The Bertz CT molecular complexity index is 537. The van der Waals surface area contributed by atoms with Gasteiger partial charge < -0.3 is 16.0 Å². The highest BCUT2D eigenvalue weighted by Gasteiger charge is 2.31. The highest BCUT2D eigenvalue weighted by Crippen LogP contribution is 2.32. The number of hydrogen-bond acceptors (Lipinski definition) is 3. The maximum atomic E-state index is 12.2. The summed E-state index contributed by atoms with van der Waals surface area (Å²) in [6.45, 7) is 1.25. The summed E-state index contributed by atoms with van der Waals surface area (Å²) in [7, 11) is 0. The predicted molar refractivity (Wildman–Crippen MR) is 81.1 cm³/mol. The molecule has 3 N–H and O–H groups in total. The van der Waals surface area contributed by atoms with Crippen LogP contribution in [0.15, 0.2) is 24.3 Å². The summed E-state index contributed by atoms with van der Waals surface area (Å²) in [5.41, 5.74) is 7.19. The van der Waals surface area contributed by atoms with E-state index in [0.29, 0.717) is 24.4 Å². The van der Waals surface area contributed by atoms with Crippen LogP contribution >= 0.6 is 0 Å². The number of anilines is 1. The fraction of sp³-hybridized carbons (Fsp3) is 0.500. The topological polar surface area (TPSA) is 75.4 Å². The molecule has 1 heterocycles. The number of hydrogen-bond donors (Lipinski definition) is 2. The third-order valence-corrected chi connectivity index (χ3v) is 4.28. The molecule has 5 heteroatoms. The molecule has 2 amide bonds. The number of benzene rings is 1. The van der Waals surface area contributed by atoms with Crippen molar-refractivity contribution in [3.63, 3.8) is 0 Å². The van der Waals surface area contributed by atoms with Gasteiger partial charge in [0.25, 0.3) is 5.91 Å². The molecule has 0 radical (unpaired) electrons. The zero-order chi connectivity index (χ0) is 14.8. The average Bonchev–Trinajstić information content (AvgIpc) is 3.26. The predicted octanol–water partition coefficient (Wildman–Crippen LogP) is 1.28. The first-order valence-corrected chi connectivity index (χ1v) is 7.60. The fourth-order valence-electron chi connectivity index (χ4n) is 2.83. The van der Waals surface area contributed by atoms with Crippen LogP contribution in [0.1, 0.15) is 36.0 Å². The molecule has 1 aromatic carbocycles. The van der Waals surface area contributed by atoms with Gasteiger partial charge in [-0.1, -0.05) is 0 Å². The van der Waals surface area contributed by atoms with E-state index in [1.165, 1.54) is 0 Å². The van der Waals surface area contributed by atoms with Gasteiger partial charge in [-0.2, -0.15) is 0 Å². The molecule has 0 aromatic heterocycles. The van der Waals surface area contributed by atoms with E-state index in [9.17, 15) is 9.59 Å². The molecule has 1 aliphatic carbocycles. The lowest BCUT2D eigenvalue weighted by Crippen LogP contribution is -2.41. The van der Waals surface area contributed by atoms with Crippen molar-refractivity contribution in [2.24, 2.45) is 11.7 Å². The number of carbonyl (C=O) groups is 2. The van der Waals surface area contributed by atoms with E-state index in [2.05, 4.69) is 5.32 Å². The lowest BCUT2D eigenvalue weighted by Gasteiger charge is -2.18. The quantitative estimate of drug-likeness (QED) is 0.856. The van der Waals surface area contributed by atoms with Gasteiger partial charge in [-0.15, -0.1) is 0 Å². The van der Waals surface area contributed by atoms with Crippen molar-refractivity contribution < 1.29 is 9.59 Å². The molecule has 1 aliphatic heterocycles. The van der Waals surface area contributed by atoms with Crippen molar-refractivity contribution in [1.82, 2.24) is 5.32 Å². The van der Waals surface area contributed by atoms with Gasteiger partial charge in [-0.25, -0.2) is 0 Å². The van der Waals surface area contributed by atoms with Crippen LogP contribution in [0.2, 0.25) is 0 Å². The molecular weight excluding hydrogens is 266 g/mol. The van der Waals surface area contributed by atoms with Gasteiger partial charge >= 0.3 is 0 Å². The smallest absolute Gasteiger partial charge is 0.251 e. The summed E-state index contributed by atoms with van der Waals surface area (Å²) >= 11 is 0. The van der Waals surface area contributed by atoms with Gasteiger partial charge in [0.15, 0.2) is 0 Å².